The van der Waals surface area contributed by atoms with Gasteiger partial charge in [0.2, 0.25) is 0 Å². The molecule has 0 heterocycles. The first-order valence-corrected chi connectivity index (χ1v) is 8.50. The van der Waals surface area contributed by atoms with Crippen molar-refractivity contribution in [2.24, 2.45) is 5.16 Å². The Kier molecular flexibility index (Phi) is 4.76. The van der Waals surface area contributed by atoms with Crippen molar-refractivity contribution in [2.75, 3.05) is 4.43 Å². The highest BCUT2D eigenvalue weighted by Gasteiger charge is 2.39. The lowest BCUT2D eigenvalue weighted by atomic mass is 10.2. The standard InChI is InChI=1S/C8H18INOSi/c1-8(2,3)12(4,5)11-10-7-6-9/h7H,6H2,1-5H3. The van der Waals surface area contributed by atoms with E-state index < -0.39 is 8.32 Å². The van der Waals surface area contributed by atoms with Crippen molar-refractivity contribution in [1.82, 2.24) is 0 Å². The molecule has 0 unspecified atom stereocenters. The summed E-state index contributed by atoms with van der Waals surface area (Å²) in [5.74, 6) is 0. The third-order valence-electron chi connectivity index (χ3n) is 2.23. The van der Waals surface area contributed by atoms with E-state index in [2.05, 4.69) is 61.6 Å². The Labute approximate surface area is 90.0 Å². The van der Waals surface area contributed by atoms with Crippen LogP contribution in [0.15, 0.2) is 5.16 Å². The molecule has 0 saturated carbocycles. The smallest absolute Gasteiger partial charge is 0.286 e. The van der Waals surface area contributed by atoms with Gasteiger partial charge in [-0.3, -0.25) is 0 Å². The summed E-state index contributed by atoms with van der Waals surface area (Å²) in [7, 11) is -1.64. The van der Waals surface area contributed by atoms with Gasteiger partial charge in [-0.15, -0.1) is 5.16 Å². The summed E-state index contributed by atoms with van der Waals surface area (Å²) >= 11 is 2.25. The molecule has 0 aliphatic rings. The Morgan fingerprint density at radius 1 is 1.42 bits per heavy atom. The van der Waals surface area contributed by atoms with Gasteiger partial charge in [0.15, 0.2) is 0 Å². The summed E-state index contributed by atoms with van der Waals surface area (Å²) in [5.41, 5.74) is 0. The van der Waals surface area contributed by atoms with Gasteiger partial charge in [-0.05, 0) is 18.1 Å². The number of oxime groups is 1. The van der Waals surface area contributed by atoms with Crippen LogP contribution in [0.5, 0.6) is 0 Å². The quantitative estimate of drug-likeness (QED) is 0.257. The monoisotopic (exact) mass is 299 g/mol. The molecule has 0 atom stereocenters. The zero-order valence-corrected chi connectivity index (χ0v) is 11.7. The topological polar surface area (TPSA) is 21.6 Å². The normalized spacial score (nSPS) is 13.8. The minimum Gasteiger partial charge on any atom is -0.455 e. The molecular formula is C8H18INOSi. The molecule has 0 fully saturated rings. The predicted molar refractivity (Wildman–Crippen MR) is 65.7 cm³/mol. The Morgan fingerprint density at radius 2 is 1.92 bits per heavy atom. The van der Waals surface area contributed by atoms with Gasteiger partial charge in [-0.1, -0.05) is 43.4 Å². The van der Waals surface area contributed by atoms with Crippen LogP contribution in [0.2, 0.25) is 18.1 Å². The van der Waals surface area contributed by atoms with E-state index in [-0.39, 0.29) is 5.04 Å². The highest BCUT2D eigenvalue weighted by atomic mass is 127. The fourth-order valence-corrected chi connectivity index (χ4v) is 1.11. The highest BCUT2D eigenvalue weighted by Crippen LogP contribution is 2.36. The Bertz CT molecular complexity index is 163. The average molecular weight is 299 g/mol. The van der Waals surface area contributed by atoms with Gasteiger partial charge >= 0.3 is 0 Å². The first kappa shape index (κ1) is 12.4. The fourth-order valence-electron chi connectivity index (χ4n) is 0.334. The summed E-state index contributed by atoms with van der Waals surface area (Å²) in [6.07, 6.45) is 1.81. The minimum absolute atomic E-state index is 0.246. The van der Waals surface area contributed by atoms with E-state index in [4.69, 9.17) is 4.53 Å². The molecule has 0 amide bonds. The Hall–Kier alpha value is 0.417. The van der Waals surface area contributed by atoms with Crippen molar-refractivity contribution >= 4 is 37.1 Å². The molecule has 0 aromatic heterocycles. The Balaban J connectivity index is 4.14. The van der Waals surface area contributed by atoms with Crippen LogP contribution in [0, 0.1) is 0 Å². The highest BCUT2D eigenvalue weighted by molar-refractivity contribution is 14.1. The molecular weight excluding hydrogens is 281 g/mol. The third-order valence-corrected chi connectivity index (χ3v) is 6.80. The van der Waals surface area contributed by atoms with E-state index in [1.165, 1.54) is 0 Å². The van der Waals surface area contributed by atoms with Gasteiger partial charge in [-0.2, -0.15) is 0 Å². The molecule has 0 aromatic rings. The van der Waals surface area contributed by atoms with Gasteiger partial charge < -0.3 is 4.53 Å². The van der Waals surface area contributed by atoms with Crippen molar-refractivity contribution in [3.63, 3.8) is 0 Å². The first-order valence-electron chi connectivity index (χ1n) is 4.07. The molecule has 0 N–H and O–H groups in total. The summed E-state index contributed by atoms with van der Waals surface area (Å²) in [5, 5.41) is 4.20. The molecule has 0 aliphatic heterocycles. The van der Waals surface area contributed by atoms with Gasteiger partial charge in [0.05, 0.1) is 6.21 Å². The number of nitrogens with zero attached hydrogens (tertiary/aromatic N) is 1. The van der Waals surface area contributed by atoms with Gasteiger partial charge in [-0.25, -0.2) is 0 Å². The molecule has 4 heteroatoms. The van der Waals surface area contributed by atoms with Crippen molar-refractivity contribution < 1.29 is 4.53 Å². The number of hydrogen-bond donors (Lipinski definition) is 0. The maximum Gasteiger partial charge on any atom is 0.286 e. The SMILES string of the molecule is CC(C)(C)[Si](C)(C)ON=CCI. The van der Waals surface area contributed by atoms with Crippen LogP contribution in [0.1, 0.15) is 20.8 Å². The number of hydrogen-bond acceptors (Lipinski definition) is 2. The van der Waals surface area contributed by atoms with Gasteiger partial charge in [0.1, 0.15) is 0 Å². The number of rotatable bonds is 3. The van der Waals surface area contributed by atoms with Crippen molar-refractivity contribution in [3.8, 4) is 0 Å². The number of alkyl halides is 1. The molecule has 0 rings (SSSR count). The first-order chi connectivity index (χ1) is 5.31. The maximum absolute atomic E-state index is 5.54. The second kappa shape index (κ2) is 4.60. The van der Waals surface area contributed by atoms with Gasteiger partial charge in [0.25, 0.3) is 8.32 Å². The summed E-state index contributed by atoms with van der Waals surface area (Å²) in [6, 6.07) is 0. The lowest BCUT2D eigenvalue weighted by molar-refractivity contribution is 0.310. The largest absolute Gasteiger partial charge is 0.455 e. The maximum atomic E-state index is 5.54. The van der Waals surface area contributed by atoms with Crippen molar-refractivity contribution in [3.05, 3.63) is 0 Å². The molecule has 0 spiro atoms. The predicted octanol–water partition coefficient (Wildman–Crippen LogP) is 3.43. The van der Waals surface area contributed by atoms with Crippen LogP contribution < -0.4 is 0 Å². The molecule has 0 radical (unpaired) electrons. The van der Waals surface area contributed by atoms with Gasteiger partial charge in [0, 0.05) is 4.43 Å². The fraction of sp³-hybridized carbons (Fsp3) is 0.875. The van der Waals surface area contributed by atoms with Crippen LogP contribution in [-0.4, -0.2) is 19.0 Å². The average Bonchev–Trinajstić information content (AvgIpc) is 1.85. The summed E-state index contributed by atoms with van der Waals surface area (Å²) in [6.45, 7) is 11.0. The molecule has 0 bridgehead atoms. The Morgan fingerprint density at radius 3 is 2.25 bits per heavy atom. The zero-order valence-electron chi connectivity index (χ0n) is 8.52. The van der Waals surface area contributed by atoms with Crippen LogP contribution in [0.4, 0.5) is 0 Å². The van der Waals surface area contributed by atoms with E-state index in [9.17, 15) is 0 Å². The molecule has 0 aromatic carbocycles. The van der Waals surface area contributed by atoms with Crippen LogP contribution in [0.3, 0.4) is 0 Å². The van der Waals surface area contributed by atoms with Crippen molar-refractivity contribution in [1.29, 1.82) is 0 Å². The molecule has 72 valence electrons. The second-order valence-electron chi connectivity index (χ2n) is 4.29. The molecule has 0 aliphatic carbocycles. The zero-order chi connectivity index (χ0) is 9.83. The van der Waals surface area contributed by atoms with E-state index >= 15 is 0 Å². The van der Waals surface area contributed by atoms with Crippen LogP contribution >= 0.6 is 22.6 Å². The third kappa shape index (κ3) is 3.89. The van der Waals surface area contributed by atoms with E-state index in [1.807, 2.05) is 0 Å². The summed E-state index contributed by atoms with van der Waals surface area (Å²) in [4.78, 5) is 0. The second-order valence-corrected chi connectivity index (χ2v) is 9.88. The van der Waals surface area contributed by atoms with E-state index in [0.29, 0.717) is 0 Å². The number of halogens is 1. The molecule has 0 saturated heterocycles. The van der Waals surface area contributed by atoms with Crippen molar-refractivity contribution in [2.45, 2.75) is 38.9 Å². The minimum atomic E-state index is -1.64. The molecule has 2 nitrogen and oxygen atoms in total. The summed E-state index contributed by atoms with van der Waals surface area (Å²) < 4.78 is 6.45. The van der Waals surface area contributed by atoms with E-state index in [1.54, 1.807) is 6.21 Å². The van der Waals surface area contributed by atoms with E-state index in [0.717, 1.165) is 4.43 Å². The lowest BCUT2D eigenvalue weighted by Gasteiger charge is -2.32. The molecule has 12 heavy (non-hydrogen) atoms. The lowest BCUT2D eigenvalue weighted by Crippen LogP contribution is -2.39. The van der Waals surface area contributed by atoms with Crippen LogP contribution in [-0.2, 0) is 4.53 Å². The van der Waals surface area contributed by atoms with Crippen LogP contribution in [0.25, 0.3) is 0 Å².